The van der Waals surface area contributed by atoms with E-state index in [9.17, 15) is 13.2 Å². The van der Waals surface area contributed by atoms with Crippen LogP contribution in [0.5, 0.6) is 5.75 Å². The van der Waals surface area contributed by atoms with Crippen LogP contribution in [0.25, 0.3) is 11.1 Å². The number of halogens is 3. The van der Waals surface area contributed by atoms with Crippen molar-refractivity contribution in [1.29, 1.82) is 0 Å². The lowest BCUT2D eigenvalue weighted by atomic mass is 10.0. The first-order chi connectivity index (χ1) is 13.2. The van der Waals surface area contributed by atoms with Crippen LogP contribution in [-0.2, 0) is 12.7 Å². The highest BCUT2D eigenvalue weighted by atomic mass is 19.4. The van der Waals surface area contributed by atoms with Crippen molar-refractivity contribution in [2.45, 2.75) is 52.8 Å². The van der Waals surface area contributed by atoms with Crippen LogP contribution in [0.2, 0.25) is 0 Å². The number of hydrogen-bond acceptors (Lipinski definition) is 3. The average Bonchev–Trinajstić information content (AvgIpc) is 3.06. The van der Waals surface area contributed by atoms with Crippen molar-refractivity contribution in [1.82, 2.24) is 15.1 Å². The summed E-state index contributed by atoms with van der Waals surface area (Å²) >= 11 is 0. The number of alkyl halides is 3. The molecule has 0 radical (unpaired) electrons. The molecule has 0 unspecified atom stereocenters. The van der Waals surface area contributed by atoms with Crippen LogP contribution in [0.1, 0.15) is 51.3 Å². The monoisotopic (exact) mass is 397 g/mol. The van der Waals surface area contributed by atoms with Gasteiger partial charge in [-0.25, -0.2) is 0 Å². The lowest BCUT2D eigenvalue weighted by Crippen LogP contribution is -2.19. The molecule has 0 aliphatic rings. The second-order valence-electron chi connectivity index (χ2n) is 7.63. The van der Waals surface area contributed by atoms with E-state index in [1.54, 1.807) is 12.3 Å². The fourth-order valence-corrected chi connectivity index (χ4v) is 2.87. The van der Waals surface area contributed by atoms with Gasteiger partial charge in [0.2, 0.25) is 0 Å². The predicted octanol–water partition coefficient (Wildman–Crippen LogP) is 5.75. The van der Waals surface area contributed by atoms with E-state index in [2.05, 4.69) is 22.0 Å². The smallest absolute Gasteiger partial charge is 0.416 e. The van der Waals surface area contributed by atoms with Gasteiger partial charge in [0.25, 0.3) is 0 Å². The van der Waals surface area contributed by atoms with E-state index in [1.165, 1.54) is 0 Å². The van der Waals surface area contributed by atoms with Crippen molar-refractivity contribution in [3.63, 3.8) is 0 Å². The minimum atomic E-state index is -4.44. The number of nitrogens with one attached hydrogen (secondary N) is 1. The van der Waals surface area contributed by atoms with E-state index < -0.39 is 11.7 Å². The molecule has 2 aromatic rings. The zero-order valence-electron chi connectivity index (χ0n) is 17.1. The zero-order valence-corrected chi connectivity index (χ0v) is 17.1. The molecule has 0 spiro atoms. The van der Waals surface area contributed by atoms with Gasteiger partial charge in [-0.3, -0.25) is 5.10 Å². The number of benzene rings is 1. The fraction of sp³-hybridized carbons (Fsp3) is 0.571. The van der Waals surface area contributed by atoms with Gasteiger partial charge >= 0.3 is 6.18 Å². The molecule has 0 fully saturated rings. The normalized spacial score (nSPS) is 12.2. The average molecular weight is 397 g/mol. The molecule has 0 saturated heterocycles. The second-order valence-corrected chi connectivity index (χ2v) is 7.63. The van der Waals surface area contributed by atoms with Gasteiger partial charge in [-0.1, -0.05) is 27.2 Å². The van der Waals surface area contributed by atoms with Gasteiger partial charge in [0.05, 0.1) is 24.1 Å². The third-order valence-electron chi connectivity index (χ3n) is 4.55. The number of unbranched alkanes of at least 4 members (excludes halogenated alkanes) is 1. The molecule has 0 amide bonds. The maximum Gasteiger partial charge on any atom is 0.416 e. The van der Waals surface area contributed by atoms with Crippen LogP contribution in [0.3, 0.4) is 0 Å². The van der Waals surface area contributed by atoms with Gasteiger partial charge in [-0.05, 0) is 56.1 Å². The van der Waals surface area contributed by atoms with Gasteiger partial charge in [-0.2, -0.15) is 18.3 Å². The van der Waals surface area contributed by atoms with Gasteiger partial charge in [-0.15, -0.1) is 0 Å². The highest BCUT2D eigenvalue weighted by Gasteiger charge is 2.32. The zero-order chi connectivity index (χ0) is 20.7. The molecule has 1 aromatic heterocycles. The molecule has 2 rings (SSSR count). The second kappa shape index (κ2) is 9.96. The van der Waals surface area contributed by atoms with Crippen molar-refractivity contribution in [2.75, 3.05) is 20.2 Å². The summed E-state index contributed by atoms with van der Waals surface area (Å²) in [4.78, 5) is 2.13. The quantitative estimate of drug-likeness (QED) is 0.555. The molecule has 0 aliphatic heterocycles. The summed E-state index contributed by atoms with van der Waals surface area (Å²) in [5, 5.41) is 7.00. The van der Waals surface area contributed by atoms with Gasteiger partial charge in [0, 0.05) is 12.1 Å². The highest BCUT2D eigenvalue weighted by molar-refractivity contribution is 5.68. The third kappa shape index (κ3) is 6.55. The van der Waals surface area contributed by atoms with E-state index in [0.29, 0.717) is 30.2 Å². The summed E-state index contributed by atoms with van der Waals surface area (Å²) in [7, 11) is 1.99. The van der Waals surface area contributed by atoms with E-state index in [0.717, 1.165) is 43.6 Å². The Hall–Kier alpha value is -2.02. The number of ether oxygens (including phenoxy) is 1. The topological polar surface area (TPSA) is 41.2 Å². The summed E-state index contributed by atoms with van der Waals surface area (Å²) < 4.78 is 45.8. The number of rotatable bonds is 10. The largest absolute Gasteiger partial charge is 0.494 e. The summed E-state index contributed by atoms with van der Waals surface area (Å²) in [6.07, 6.45) is 0.0807. The molecule has 28 heavy (non-hydrogen) atoms. The Bertz CT molecular complexity index is 741. The molecule has 1 aromatic carbocycles. The summed E-state index contributed by atoms with van der Waals surface area (Å²) in [6, 6.07) is 3.89. The lowest BCUT2D eigenvalue weighted by Gasteiger charge is -2.17. The van der Waals surface area contributed by atoms with Crippen molar-refractivity contribution in [3.05, 3.63) is 35.7 Å². The van der Waals surface area contributed by atoms with E-state index in [1.807, 2.05) is 20.9 Å². The Morgan fingerprint density at radius 1 is 1.21 bits per heavy atom. The maximum atomic E-state index is 13.4. The number of H-pyrrole nitrogens is 1. The Morgan fingerprint density at radius 2 is 1.96 bits per heavy atom. The minimum Gasteiger partial charge on any atom is -0.494 e. The Kier molecular flexibility index (Phi) is 7.92. The summed E-state index contributed by atoms with van der Waals surface area (Å²) in [6.45, 7) is 8.12. The molecule has 0 atom stereocenters. The van der Waals surface area contributed by atoms with Crippen molar-refractivity contribution >= 4 is 0 Å². The van der Waals surface area contributed by atoms with Crippen molar-refractivity contribution in [3.8, 4) is 16.9 Å². The summed E-state index contributed by atoms with van der Waals surface area (Å²) in [5.41, 5.74) is 1.22. The Balaban J connectivity index is 2.30. The van der Waals surface area contributed by atoms with E-state index in [-0.39, 0.29) is 5.75 Å². The van der Waals surface area contributed by atoms with E-state index >= 15 is 0 Å². The lowest BCUT2D eigenvalue weighted by molar-refractivity contribution is -0.137. The van der Waals surface area contributed by atoms with Crippen LogP contribution in [0.4, 0.5) is 13.2 Å². The van der Waals surface area contributed by atoms with Gasteiger partial charge in [0.15, 0.2) is 0 Å². The van der Waals surface area contributed by atoms with Crippen molar-refractivity contribution in [2.24, 2.45) is 5.92 Å². The van der Waals surface area contributed by atoms with Gasteiger partial charge < -0.3 is 9.64 Å². The molecule has 0 aliphatic carbocycles. The molecule has 1 N–H and O–H groups in total. The molecule has 0 bridgehead atoms. The van der Waals surface area contributed by atoms with Gasteiger partial charge in [0.1, 0.15) is 5.75 Å². The predicted molar refractivity (Wildman–Crippen MR) is 105 cm³/mol. The van der Waals surface area contributed by atoms with Crippen LogP contribution in [0, 0.1) is 5.92 Å². The van der Waals surface area contributed by atoms with Crippen LogP contribution in [-0.4, -0.2) is 35.3 Å². The first-order valence-electron chi connectivity index (χ1n) is 9.77. The summed E-state index contributed by atoms with van der Waals surface area (Å²) in [5.74, 6) is 0.654. The molecule has 7 heteroatoms. The molecular formula is C21H30F3N3O. The number of aromatic nitrogens is 2. The number of hydrogen-bond donors (Lipinski definition) is 1. The maximum absolute atomic E-state index is 13.4. The molecular weight excluding hydrogens is 367 g/mol. The molecule has 156 valence electrons. The SMILES string of the molecule is CCCCN(C)Cc1[nH]ncc1-c1cc(OCCC(C)C)cc(C(F)(F)F)c1. The molecule has 0 saturated carbocycles. The molecule has 4 nitrogen and oxygen atoms in total. The fourth-order valence-electron chi connectivity index (χ4n) is 2.87. The van der Waals surface area contributed by atoms with Crippen LogP contribution >= 0.6 is 0 Å². The number of aromatic amines is 1. The third-order valence-corrected chi connectivity index (χ3v) is 4.55. The Labute approximate surface area is 165 Å². The minimum absolute atomic E-state index is 0.233. The first-order valence-corrected chi connectivity index (χ1v) is 9.77. The van der Waals surface area contributed by atoms with Crippen molar-refractivity contribution < 1.29 is 17.9 Å². The highest BCUT2D eigenvalue weighted by Crippen LogP contribution is 2.36. The number of nitrogens with zero attached hydrogens (tertiary/aromatic N) is 2. The van der Waals surface area contributed by atoms with Crippen LogP contribution < -0.4 is 4.74 Å². The first kappa shape index (κ1) is 22.3. The van der Waals surface area contributed by atoms with E-state index in [4.69, 9.17) is 4.74 Å². The Morgan fingerprint density at radius 3 is 2.61 bits per heavy atom. The van der Waals surface area contributed by atoms with Crippen LogP contribution in [0.15, 0.2) is 24.4 Å². The standard InChI is InChI=1S/C21H30F3N3O/c1-5-6-8-27(4)14-20-19(13-25-26-20)16-10-17(21(22,23)24)12-18(11-16)28-9-7-15(2)3/h10-13,15H,5-9,14H2,1-4H3,(H,25,26). The molecule has 1 heterocycles.